The maximum Gasteiger partial charge on any atom is 0.269 e. The van der Waals surface area contributed by atoms with Crippen molar-refractivity contribution in [2.45, 2.75) is 20.4 Å². The van der Waals surface area contributed by atoms with Crippen LogP contribution in [0.4, 0.5) is 5.69 Å². The Bertz CT molecular complexity index is 734. The monoisotopic (exact) mass is 332 g/mol. The minimum absolute atomic E-state index is 0.0182. The SMILES string of the molecule is COCCn1c(C)cc(C(=O)COc2ccc([N+](=O)[O-])cc2)c1C. The van der Waals surface area contributed by atoms with E-state index < -0.39 is 4.92 Å². The molecule has 0 amide bonds. The molecule has 0 aliphatic rings. The molecule has 7 heteroatoms. The number of carbonyl (C=O) groups excluding carboxylic acids is 1. The van der Waals surface area contributed by atoms with Gasteiger partial charge in [-0.25, -0.2) is 0 Å². The molecule has 0 aliphatic carbocycles. The maximum absolute atomic E-state index is 12.4. The highest BCUT2D eigenvalue weighted by atomic mass is 16.6. The van der Waals surface area contributed by atoms with E-state index in [1.807, 2.05) is 24.5 Å². The summed E-state index contributed by atoms with van der Waals surface area (Å²) in [5.41, 5.74) is 2.46. The molecule has 0 N–H and O–H groups in total. The van der Waals surface area contributed by atoms with Gasteiger partial charge in [-0.2, -0.15) is 0 Å². The molecular formula is C17H20N2O5. The number of hydrogen-bond donors (Lipinski definition) is 0. The maximum atomic E-state index is 12.4. The van der Waals surface area contributed by atoms with Crippen LogP contribution in [-0.4, -0.2) is 35.6 Å². The molecule has 0 aliphatic heterocycles. The van der Waals surface area contributed by atoms with E-state index in [4.69, 9.17) is 9.47 Å². The minimum atomic E-state index is -0.482. The number of ketones is 1. The van der Waals surface area contributed by atoms with E-state index in [0.717, 1.165) is 11.4 Å². The third-order valence-electron chi connectivity index (χ3n) is 3.81. The molecule has 2 aromatic rings. The van der Waals surface area contributed by atoms with Gasteiger partial charge in [0.15, 0.2) is 6.61 Å². The average molecular weight is 332 g/mol. The average Bonchev–Trinajstić information content (AvgIpc) is 2.85. The number of non-ortho nitro benzene ring substituents is 1. The van der Waals surface area contributed by atoms with Crippen molar-refractivity contribution in [3.8, 4) is 5.75 Å². The zero-order valence-corrected chi connectivity index (χ0v) is 13.9. The number of ether oxygens (including phenoxy) is 2. The van der Waals surface area contributed by atoms with Crippen molar-refractivity contribution in [2.24, 2.45) is 0 Å². The second-order valence-electron chi connectivity index (χ2n) is 5.39. The fraction of sp³-hybridized carbons (Fsp3) is 0.353. The second kappa shape index (κ2) is 7.74. The van der Waals surface area contributed by atoms with Crippen molar-refractivity contribution < 1.29 is 19.2 Å². The quantitative estimate of drug-likeness (QED) is 0.421. The van der Waals surface area contributed by atoms with Gasteiger partial charge < -0.3 is 14.0 Å². The number of aryl methyl sites for hydroxylation is 1. The topological polar surface area (TPSA) is 83.6 Å². The first-order chi connectivity index (χ1) is 11.4. The largest absolute Gasteiger partial charge is 0.485 e. The van der Waals surface area contributed by atoms with Crippen molar-refractivity contribution in [1.82, 2.24) is 4.57 Å². The van der Waals surface area contributed by atoms with Crippen LogP contribution in [0.25, 0.3) is 0 Å². The highest BCUT2D eigenvalue weighted by molar-refractivity contribution is 5.98. The van der Waals surface area contributed by atoms with Crippen molar-refractivity contribution in [2.75, 3.05) is 20.3 Å². The third-order valence-corrected chi connectivity index (χ3v) is 3.81. The lowest BCUT2D eigenvalue weighted by Crippen LogP contribution is -2.13. The molecule has 0 saturated heterocycles. The van der Waals surface area contributed by atoms with Gasteiger partial charge in [-0.3, -0.25) is 14.9 Å². The number of Topliss-reactive ketones (excluding diaryl/α,β-unsaturated/α-hetero) is 1. The highest BCUT2D eigenvalue weighted by Gasteiger charge is 2.16. The number of benzene rings is 1. The van der Waals surface area contributed by atoms with Crippen LogP contribution in [0.1, 0.15) is 21.7 Å². The molecule has 1 heterocycles. The molecule has 0 radical (unpaired) electrons. The fourth-order valence-corrected chi connectivity index (χ4v) is 2.50. The standard InChI is InChI=1S/C17H20N2O5/c1-12-10-16(13(2)18(12)8-9-23-3)17(20)11-24-15-6-4-14(5-7-15)19(21)22/h4-7,10H,8-9,11H2,1-3H3. The molecule has 0 atom stereocenters. The lowest BCUT2D eigenvalue weighted by atomic mass is 10.1. The van der Waals surface area contributed by atoms with Crippen LogP contribution in [0.15, 0.2) is 30.3 Å². The first-order valence-corrected chi connectivity index (χ1v) is 7.50. The van der Waals surface area contributed by atoms with Gasteiger partial charge in [-0.15, -0.1) is 0 Å². The first kappa shape index (κ1) is 17.7. The number of aromatic nitrogens is 1. The Kier molecular flexibility index (Phi) is 5.70. The van der Waals surface area contributed by atoms with E-state index >= 15 is 0 Å². The summed E-state index contributed by atoms with van der Waals surface area (Å²) in [5.74, 6) is 0.285. The van der Waals surface area contributed by atoms with Gasteiger partial charge in [0, 0.05) is 42.7 Å². The molecule has 2 rings (SSSR count). The van der Waals surface area contributed by atoms with Crippen LogP contribution in [0.3, 0.4) is 0 Å². The number of methoxy groups -OCH3 is 1. The van der Waals surface area contributed by atoms with Gasteiger partial charge in [0.05, 0.1) is 11.5 Å². The molecule has 0 saturated carbocycles. The molecule has 1 aromatic carbocycles. The first-order valence-electron chi connectivity index (χ1n) is 7.50. The van der Waals surface area contributed by atoms with Gasteiger partial charge in [0.1, 0.15) is 5.75 Å². The lowest BCUT2D eigenvalue weighted by Gasteiger charge is -2.09. The molecular weight excluding hydrogens is 312 g/mol. The highest BCUT2D eigenvalue weighted by Crippen LogP contribution is 2.19. The summed E-state index contributed by atoms with van der Waals surface area (Å²) in [6.07, 6.45) is 0. The van der Waals surface area contributed by atoms with E-state index in [2.05, 4.69) is 0 Å². The number of rotatable bonds is 8. The van der Waals surface area contributed by atoms with Gasteiger partial charge in [0.25, 0.3) is 5.69 Å². The van der Waals surface area contributed by atoms with Crippen LogP contribution in [0.2, 0.25) is 0 Å². The Morgan fingerprint density at radius 3 is 2.50 bits per heavy atom. The van der Waals surface area contributed by atoms with E-state index in [-0.39, 0.29) is 18.1 Å². The predicted molar refractivity (Wildman–Crippen MR) is 88.7 cm³/mol. The van der Waals surface area contributed by atoms with Gasteiger partial charge in [0.2, 0.25) is 5.78 Å². The van der Waals surface area contributed by atoms with Crippen LogP contribution >= 0.6 is 0 Å². The summed E-state index contributed by atoms with van der Waals surface area (Å²) >= 11 is 0. The third kappa shape index (κ3) is 3.99. The van der Waals surface area contributed by atoms with Crippen molar-refractivity contribution in [3.63, 3.8) is 0 Å². The Balaban J connectivity index is 2.03. The molecule has 0 unspecified atom stereocenters. The molecule has 0 spiro atoms. The van der Waals surface area contributed by atoms with E-state index in [0.29, 0.717) is 24.5 Å². The van der Waals surface area contributed by atoms with Crippen molar-refractivity contribution in [3.05, 3.63) is 57.4 Å². The normalized spacial score (nSPS) is 10.6. The Hall–Kier alpha value is -2.67. The summed E-state index contributed by atoms with van der Waals surface area (Å²) in [7, 11) is 1.64. The number of nitrogens with zero attached hydrogens (tertiary/aromatic N) is 2. The van der Waals surface area contributed by atoms with E-state index in [9.17, 15) is 14.9 Å². The number of nitro groups is 1. The Morgan fingerprint density at radius 1 is 1.25 bits per heavy atom. The zero-order chi connectivity index (χ0) is 17.7. The van der Waals surface area contributed by atoms with Crippen LogP contribution in [0, 0.1) is 24.0 Å². The van der Waals surface area contributed by atoms with E-state index in [1.165, 1.54) is 24.3 Å². The van der Waals surface area contributed by atoms with Crippen molar-refractivity contribution >= 4 is 11.5 Å². The summed E-state index contributed by atoms with van der Waals surface area (Å²) < 4.78 is 12.5. The number of carbonyl (C=O) groups is 1. The smallest absolute Gasteiger partial charge is 0.269 e. The van der Waals surface area contributed by atoms with Crippen LogP contribution in [-0.2, 0) is 11.3 Å². The molecule has 1 aromatic heterocycles. The number of hydrogen-bond acceptors (Lipinski definition) is 5. The van der Waals surface area contributed by atoms with Gasteiger partial charge in [-0.05, 0) is 32.0 Å². The van der Waals surface area contributed by atoms with E-state index in [1.54, 1.807) is 7.11 Å². The van der Waals surface area contributed by atoms with Crippen LogP contribution < -0.4 is 4.74 Å². The summed E-state index contributed by atoms with van der Waals surface area (Å²) in [5, 5.41) is 10.6. The molecule has 0 bridgehead atoms. The molecule has 0 fully saturated rings. The van der Waals surface area contributed by atoms with Gasteiger partial charge >= 0.3 is 0 Å². The Morgan fingerprint density at radius 2 is 1.92 bits per heavy atom. The molecule has 128 valence electrons. The predicted octanol–water partition coefficient (Wildman–Crippen LogP) is 2.92. The lowest BCUT2D eigenvalue weighted by molar-refractivity contribution is -0.384. The summed E-state index contributed by atoms with van der Waals surface area (Å²) in [6.45, 7) is 4.97. The number of nitro benzene ring substituents is 1. The van der Waals surface area contributed by atoms with Gasteiger partial charge in [-0.1, -0.05) is 0 Å². The van der Waals surface area contributed by atoms with Crippen LogP contribution in [0.5, 0.6) is 5.75 Å². The summed E-state index contributed by atoms with van der Waals surface area (Å²) in [4.78, 5) is 22.5. The minimum Gasteiger partial charge on any atom is -0.485 e. The summed E-state index contributed by atoms with van der Waals surface area (Å²) in [6, 6.07) is 7.49. The fourth-order valence-electron chi connectivity index (χ4n) is 2.50. The zero-order valence-electron chi connectivity index (χ0n) is 13.9. The molecule has 24 heavy (non-hydrogen) atoms. The Labute approximate surface area is 140 Å². The van der Waals surface area contributed by atoms with Crippen molar-refractivity contribution in [1.29, 1.82) is 0 Å². The molecule has 7 nitrogen and oxygen atoms in total. The second-order valence-corrected chi connectivity index (χ2v) is 5.39.